The highest BCUT2D eigenvalue weighted by Gasteiger charge is 2.13. The highest BCUT2D eigenvalue weighted by atomic mass is 16.5. The van der Waals surface area contributed by atoms with Crippen LogP contribution in [-0.2, 0) is 0 Å². The molecular weight excluding hydrogens is 258 g/mol. The van der Waals surface area contributed by atoms with Crippen LogP contribution in [0.1, 0.15) is 17.2 Å². The molecule has 0 aliphatic heterocycles. The van der Waals surface area contributed by atoms with Gasteiger partial charge in [0.05, 0.1) is 12.6 Å². The number of methoxy groups -OCH3 is 1. The summed E-state index contributed by atoms with van der Waals surface area (Å²) in [6, 6.07) is 12.3. The highest BCUT2D eigenvalue weighted by molar-refractivity contribution is 5.73. The molecule has 0 amide bonds. The van der Waals surface area contributed by atoms with Crippen LogP contribution in [0.5, 0.6) is 5.75 Å². The van der Waals surface area contributed by atoms with Crippen molar-refractivity contribution < 1.29 is 14.3 Å². The van der Waals surface area contributed by atoms with E-state index < -0.39 is 11.9 Å². The summed E-state index contributed by atoms with van der Waals surface area (Å²) in [4.78, 5) is 13.7. The molecule has 1 atom stereocenters. The number of aliphatic hydroxyl groups is 1. The predicted octanol–water partition coefficient (Wildman–Crippen LogP) is 2.21. The van der Waals surface area contributed by atoms with Gasteiger partial charge in [0.25, 0.3) is 0 Å². The first-order valence-electron chi connectivity index (χ1n) is 6.12. The summed E-state index contributed by atoms with van der Waals surface area (Å²) in [5.41, 5.74) is 2.39. The van der Waals surface area contributed by atoms with Crippen LogP contribution in [0.3, 0.4) is 0 Å². The van der Waals surface area contributed by atoms with Crippen molar-refractivity contribution in [1.82, 2.24) is 4.98 Å². The Labute approximate surface area is 114 Å². The zero-order valence-corrected chi connectivity index (χ0v) is 10.8. The van der Waals surface area contributed by atoms with Gasteiger partial charge in [-0.2, -0.15) is 0 Å². The molecule has 20 heavy (non-hydrogen) atoms. The van der Waals surface area contributed by atoms with E-state index in [9.17, 15) is 9.90 Å². The van der Waals surface area contributed by atoms with Crippen LogP contribution in [-0.4, -0.2) is 17.2 Å². The van der Waals surface area contributed by atoms with Gasteiger partial charge in [-0.1, -0.05) is 18.2 Å². The molecule has 2 N–H and O–H groups in total. The van der Waals surface area contributed by atoms with E-state index in [1.54, 1.807) is 31.4 Å². The fourth-order valence-corrected chi connectivity index (χ4v) is 2.14. The number of aromatic amines is 1. The SMILES string of the molecule is COc1cccc(C(O)c2ccc3[nH]c(=O)oc3c2)c1. The van der Waals surface area contributed by atoms with E-state index in [1.165, 1.54) is 0 Å². The summed E-state index contributed by atoms with van der Waals surface area (Å²) in [5.74, 6) is 0.170. The lowest BCUT2D eigenvalue weighted by Gasteiger charge is -2.12. The van der Waals surface area contributed by atoms with Crippen LogP contribution in [0.4, 0.5) is 0 Å². The van der Waals surface area contributed by atoms with Crippen LogP contribution in [0.2, 0.25) is 0 Å². The Hall–Kier alpha value is -2.53. The van der Waals surface area contributed by atoms with Gasteiger partial charge in [0.15, 0.2) is 5.58 Å². The number of hydrogen-bond donors (Lipinski definition) is 2. The van der Waals surface area contributed by atoms with Crippen LogP contribution >= 0.6 is 0 Å². The summed E-state index contributed by atoms with van der Waals surface area (Å²) in [7, 11) is 1.58. The first-order chi connectivity index (χ1) is 9.67. The molecule has 3 aromatic rings. The molecule has 0 radical (unpaired) electrons. The average Bonchev–Trinajstić information content (AvgIpc) is 2.85. The minimum atomic E-state index is -0.810. The van der Waals surface area contributed by atoms with E-state index in [1.807, 2.05) is 18.2 Å². The Kier molecular flexibility index (Phi) is 3.04. The number of fused-ring (bicyclic) bond motifs is 1. The first kappa shape index (κ1) is 12.5. The minimum absolute atomic E-state index is 0.425. The average molecular weight is 271 g/mol. The van der Waals surface area contributed by atoms with Crippen molar-refractivity contribution >= 4 is 11.1 Å². The Morgan fingerprint density at radius 3 is 2.80 bits per heavy atom. The van der Waals surface area contributed by atoms with Gasteiger partial charge in [-0.05, 0) is 35.4 Å². The van der Waals surface area contributed by atoms with Crippen molar-refractivity contribution in [2.45, 2.75) is 6.10 Å². The number of oxazole rings is 1. The van der Waals surface area contributed by atoms with E-state index in [2.05, 4.69) is 4.98 Å². The van der Waals surface area contributed by atoms with E-state index in [0.29, 0.717) is 28.0 Å². The number of aliphatic hydroxyl groups excluding tert-OH is 1. The number of rotatable bonds is 3. The van der Waals surface area contributed by atoms with Crippen LogP contribution in [0.15, 0.2) is 51.7 Å². The summed E-state index contributed by atoms with van der Waals surface area (Å²) in [5, 5.41) is 10.4. The Morgan fingerprint density at radius 1 is 1.20 bits per heavy atom. The molecule has 0 aliphatic rings. The number of ether oxygens (including phenoxy) is 1. The van der Waals surface area contributed by atoms with Crippen molar-refractivity contribution in [2.24, 2.45) is 0 Å². The lowest BCUT2D eigenvalue weighted by atomic mass is 10.0. The maximum atomic E-state index is 11.1. The Morgan fingerprint density at radius 2 is 2.00 bits per heavy atom. The smallest absolute Gasteiger partial charge is 0.417 e. The zero-order valence-electron chi connectivity index (χ0n) is 10.8. The number of hydrogen-bond acceptors (Lipinski definition) is 4. The molecule has 1 aromatic heterocycles. The number of aromatic nitrogens is 1. The molecular formula is C15H13NO4. The minimum Gasteiger partial charge on any atom is -0.497 e. The van der Waals surface area contributed by atoms with Gasteiger partial charge in [0, 0.05) is 0 Å². The topological polar surface area (TPSA) is 75.5 Å². The molecule has 3 rings (SSSR count). The van der Waals surface area contributed by atoms with Crippen molar-refractivity contribution in [1.29, 1.82) is 0 Å². The molecule has 1 heterocycles. The molecule has 0 aliphatic carbocycles. The van der Waals surface area contributed by atoms with Gasteiger partial charge in [-0.3, -0.25) is 4.98 Å². The fourth-order valence-electron chi connectivity index (χ4n) is 2.14. The number of benzene rings is 2. The van der Waals surface area contributed by atoms with Gasteiger partial charge in [0.1, 0.15) is 11.9 Å². The van der Waals surface area contributed by atoms with Crippen molar-refractivity contribution in [3.8, 4) is 5.75 Å². The van der Waals surface area contributed by atoms with E-state index in [-0.39, 0.29) is 0 Å². The molecule has 0 saturated carbocycles. The predicted molar refractivity (Wildman–Crippen MR) is 73.9 cm³/mol. The van der Waals surface area contributed by atoms with Crippen LogP contribution < -0.4 is 10.5 Å². The second-order valence-electron chi connectivity index (χ2n) is 4.45. The van der Waals surface area contributed by atoms with Gasteiger partial charge in [-0.15, -0.1) is 0 Å². The molecule has 5 nitrogen and oxygen atoms in total. The molecule has 0 bridgehead atoms. The van der Waals surface area contributed by atoms with Crippen LogP contribution in [0.25, 0.3) is 11.1 Å². The van der Waals surface area contributed by atoms with Gasteiger partial charge < -0.3 is 14.3 Å². The quantitative estimate of drug-likeness (QED) is 0.765. The highest BCUT2D eigenvalue weighted by Crippen LogP contribution is 2.26. The summed E-state index contributed by atoms with van der Waals surface area (Å²) >= 11 is 0. The number of nitrogens with one attached hydrogen (secondary N) is 1. The van der Waals surface area contributed by atoms with E-state index >= 15 is 0 Å². The van der Waals surface area contributed by atoms with Gasteiger partial charge in [-0.25, -0.2) is 4.79 Å². The van der Waals surface area contributed by atoms with Gasteiger partial charge >= 0.3 is 5.76 Å². The largest absolute Gasteiger partial charge is 0.497 e. The first-order valence-corrected chi connectivity index (χ1v) is 6.12. The summed E-state index contributed by atoms with van der Waals surface area (Å²) in [6.07, 6.45) is -0.810. The number of H-pyrrole nitrogens is 1. The van der Waals surface area contributed by atoms with Crippen molar-refractivity contribution in [2.75, 3.05) is 7.11 Å². The third-order valence-electron chi connectivity index (χ3n) is 3.17. The molecule has 0 spiro atoms. The maximum absolute atomic E-state index is 11.1. The maximum Gasteiger partial charge on any atom is 0.417 e. The molecule has 5 heteroatoms. The second kappa shape index (κ2) is 4.86. The normalized spacial score (nSPS) is 12.5. The van der Waals surface area contributed by atoms with Crippen LogP contribution in [0, 0.1) is 0 Å². The third-order valence-corrected chi connectivity index (χ3v) is 3.17. The van der Waals surface area contributed by atoms with Gasteiger partial charge in [0.2, 0.25) is 0 Å². The molecule has 0 fully saturated rings. The third kappa shape index (κ3) is 2.19. The molecule has 0 saturated heterocycles. The van der Waals surface area contributed by atoms with E-state index in [4.69, 9.17) is 9.15 Å². The van der Waals surface area contributed by atoms with Crippen molar-refractivity contribution in [3.63, 3.8) is 0 Å². The standard InChI is InChI=1S/C15H13NO4/c1-19-11-4-2-3-9(7-11)14(17)10-5-6-12-13(8-10)20-15(18)16-12/h2-8,14,17H,1H3,(H,16,18). The lowest BCUT2D eigenvalue weighted by molar-refractivity contribution is 0.220. The monoisotopic (exact) mass is 271 g/mol. The van der Waals surface area contributed by atoms with E-state index in [0.717, 1.165) is 0 Å². The molecule has 102 valence electrons. The Bertz CT molecular complexity index is 803. The molecule has 1 unspecified atom stereocenters. The summed E-state index contributed by atoms with van der Waals surface area (Å²) in [6.45, 7) is 0. The van der Waals surface area contributed by atoms with Crippen molar-refractivity contribution in [3.05, 3.63) is 64.1 Å². The lowest BCUT2D eigenvalue weighted by Crippen LogP contribution is -1.99. The summed E-state index contributed by atoms with van der Waals surface area (Å²) < 4.78 is 10.1. The fraction of sp³-hybridized carbons (Fsp3) is 0.133. The Balaban J connectivity index is 2.02. The second-order valence-corrected chi connectivity index (χ2v) is 4.45. The zero-order chi connectivity index (χ0) is 14.1. The molecule has 2 aromatic carbocycles.